The van der Waals surface area contributed by atoms with Crippen LogP contribution in [-0.2, 0) is 4.79 Å². The second kappa shape index (κ2) is 10.6. The number of aromatic nitrogens is 1. The minimum absolute atomic E-state index is 0.124. The van der Waals surface area contributed by atoms with E-state index in [2.05, 4.69) is 31.5 Å². The number of benzene rings is 2. The molecule has 36 heavy (non-hydrogen) atoms. The molecule has 0 saturated carbocycles. The Balaban J connectivity index is 1.42. The molecule has 2 aromatic heterocycles. The summed E-state index contributed by atoms with van der Waals surface area (Å²) < 4.78 is 21.4. The number of amides is 1. The summed E-state index contributed by atoms with van der Waals surface area (Å²) in [7, 11) is 0. The van der Waals surface area contributed by atoms with Gasteiger partial charge in [0, 0.05) is 29.3 Å². The normalized spacial score (nSPS) is 17.2. The lowest BCUT2D eigenvalue weighted by molar-refractivity contribution is -0.116. The van der Waals surface area contributed by atoms with Crippen molar-refractivity contribution in [2.24, 2.45) is 0 Å². The first-order valence-electron chi connectivity index (χ1n) is 11.4. The topological polar surface area (TPSA) is 70.4 Å². The Morgan fingerprint density at radius 3 is 2.67 bits per heavy atom. The summed E-state index contributed by atoms with van der Waals surface area (Å²) in [5, 5.41) is 6.73. The van der Waals surface area contributed by atoms with Crippen LogP contribution in [0.1, 0.15) is 30.0 Å². The lowest BCUT2D eigenvalue weighted by Gasteiger charge is -2.25. The van der Waals surface area contributed by atoms with E-state index in [1.807, 2.05) is 59.5 Å². The molecule has 2 N–H and O–H groups in total. The van der Waals surface area contributed by atoms with E-state index in [1.165, 1.54) is 6.07 Å². The van der Waals surface area contributed by atoms with Crippen LogP contribution in [0, 0.1) is 5.82 Å². The van der Waals surface area contributed by atoms with Crippen molar-refractivity contribution in [3.8, 4) is 11.3 Å². The standard InChI is InChI=1S/C27H22BrFN4O2S/c28-17-9-10-19(20(29)16-17)22-11-12-23(35-22)26-25(21-8-4-5-14-30-21)32-27(36)33(26)15-13-24(34)31-18-6-2-1-3-7-18/h1-12,14,16,25-26H,13,15H2,(H,31,34)(H,32,36). The van der Waals surface area contributed by atoms with E-state index in [0.717, 1.165) is 11.4 Å². The molecule has 2 unspecified atom stereocenters. The van der Waals surface area contributed by atoms with Gasteiger partial charge in [-0.25, -0.2) is 4.39 Å². The molecule has 4 aromatic rings. The second-order valence-corrected chi connectivity index (χ2v) is 9.61. The first-order valence-corrected chi connectivity index (χ1v) is 12.6. The fraction of sp³-hybridized carbons (Fsp3) is 0.148. The number of thiocarbonyl (C=S) groups is 1. The van der Waals surface area contributed by atoms with Crippen LogP contribution in [0.3, 0.4) is 0 Å². The molecular weight excluding hydrogens is 543 g/mol. The summed E-state index contributed by atoms with van der Waals surface area (Å²) in [5.74, 6) is 0.496. The highest BCUT2D eigenvalue weighted by Crippen LogP contribution is 2.40. The van der Waals surface area contributed by atoms with Crippen molar-refractivity contribution in [1.29, 1.82) is 0 Å². The molecule has 1 aliphatic rings. The SMILES string of the molecule is O=C(CCN1C(=S)NC(c2ccccn2)C1c1ccc(-c2ccc(Br)cc2F)o1)Nc1ccccc1. The number of hydrogen-bond acceptors (Lipinski definition) is 4. The predicted molar refractivity (Wildman–Crippen MR) is 144 cm³/mol. The number of halogens is 2. The largest absolute Gasteiger partial charge is 0.459 e. The van der Waals surface area contributed by atoms with E-state index in [0.29, 0.717) is 33.2 Å². The molecule has 3 heterocycles. The molecule has 5 rings (SSSR count). The summed E-state index contributed by atoms with van der Waals surface area (Å²) in [6, 6.07) is 22.7. The van der Waals surface area contributed by atoms with E-state index in [4.69, 9.17) is 16.6 Å². The number of furan rings is 1. The predicted octanol–water partition coefficient (Wildman–Crippen LogP) is 6.24. The van der Waals surface area contributed by atoms with Gasteiger partial charge in [-0.15, -0.1) is 0 Å². The lowest BCUT2D eigenvalue weighted by atomic mass is 10.0. The maximum absolute atomic E-state index is 14.6. The van der Waals surface area contributed by atoms with Crippen molar-refractivity contribution in [1.82, 2.24) is 15.2 Å². The van der Waals surface area contributed by atoms with Gasteiger partial charge in [-0.05, 0) is 66.8 Å². The number of hydrogen-bond donors (Lipinski definition) is 2. The van der Waals surface area contributed by atoms with E-state index in [-0.39, 0.29) is 30.2 Å². The zero-order valence-electron chi connectivity index (χ0n) is 19.0. The smallest absolute Gasteiger partial charge is 0.226 e. The number of nitrogens with zero attached hydrogens (tertiary/aromatic N) is 2. The van der Waals surface area contributed by atoms with Gasteiger partial charge in [0.2, 0.25) is 5.91 Å². The Hall–Kier alpha value is -3.56. The Morgan fingerprint density at radius 2 is 1.92 bits per heavy atom. The third kappa shape index (κ3) is 5.17. The highest BCUT2D eigenvalue weighted by atomic mass is 79.9. The third-order valence-corrected chi connectivity index (χ3v) is 6.80. The van der Waals surface area contributed by atoms with Crippen molar-refractivity contribution in [2.75, 3.05) is 11.9 Å². The molecule has 9 heteroatoms. The summed E-state index contributed by atoms with van der Waals surface area (Å²) in [4.78, 5) is 19.1. The zero-order chi connectivity index (χ0) is 25.1. The Morgan fingerprint density at radius 1 is 1.11 bits per heavy atom. The molecule has 6 nitrogen and oxygen atoms in total. The molecule has 1 fully saturated rings. The van der Waals surface area contributed by atoms with Crippen LogP contribution >= 0.6 is 28.1 Å². The molecule has 0 aliphatic carbocycles. The minimum atomic E-state index is -0.388. The van der Waals surface area contributed by atoms with E-state index >= 15 is 0 Å². The van der Waals surface area contributed by atoms with Gasteiger partial charge in [-0.1, -0.05) is 40.2 Å². The molecule has 0 bridgehead atoms. The van der Waals surface area contributed by atoms with Gasteiger partial charge in [-0.3, -0.25) is 9.78 Å². The highest BCUT2D eigenvalue weighted by Gasteiger charge is 2.41. The van der Waals surface area contributed by atoms with Crippen molar-refractivity contribution in [3.63, 3.8) is 0 Å². The molecular formula is C27H22BrFN4O2S. The summed E-state index contributed by atoms with van der Waals surface area (Å²) in [6.07, 6.45) is 1.94. The maximum Gasteiger partial charge on any atom is 0.226 e. The van der Waals surface area contributed by atoms with Crippen LogP contribution in [0.5, 0.6) is 0 Å². The van der Waals surface area contributed by atoms with Gasteiger partial charge in [0.25, 0.3) is 0 Å². The van der Waals surface area contributed by atoms with Crippen molar-refractivity contribution in [3.05, 3.63) is 107 Å². The summed E-state index contributed by atoms with van der Waals surface area (Å²) >= 11 is 8.95. The van der Waals surface area contributed by atoms with Crippen LogP contribution in [0.4, 0.5) is 10.1 Å². The van der Waals surface area contributed by atoms with E-state index in [1.54, 1.807) is 24.4 Å². The van der Waals surface area contributed by atoms with Crippen LogP contribution in [0.25, 0.3) is 11.3 Å². The molecule has 0 radical (unpaired) electrons. The van der Waals surface area contributed by atoms with E-state index in [9.17, 15) is 9.18 Å². The van der Waals surface area contributed by atoms with E-state index < -0.39 is 0 Å². The number of rotatable bonds is 7. The monoisotopic (exact) mass is 564 g/mol. The number of para-hydroxylation sites is 1. The molecule has 1 aliphatic heterocycles. The summed E-state index contributed by atoms with van der Waals surface area (Å²) in [5.41, 5.74) is 1.88. The van der Waals surface area contributed by atoms with Crippen LogP contribution < -0.4 is 10.6 Å². The van der Waals surface area contributed by atoms with Crippen molar-refractivity contribution < 1.29 is 13.6 Å². The molecule has 2 aromatic carbocycles. The number of pyridine rings is 1. The molecule has 0 spiro atoms. The van der Waals surface area contributed by atoms with Crippen LogP contribution in [-0.4, -0.2) is 27.4 Å². The number of nitrogens with one attached hydrogen (secondary N) is 2. The number of carbonyl (C=O) groups is 1. The highest BCUT2D eigenvalue weighted by molar-refractivity contribution is 9.10. The first kappa shape index (κ1) is 24.1. The Labute approximate surface area is 221 Å². The molecule has 2 atom stereocenters. The first-order chi connectivity index (χ1) is 17.5. The van der Waals surface area contributed by atoms with Crippen molar-refractivity contribution >= 4 is 44.9 Å². The van der Waals surface area contributed by atoms with Gasteiger partial charge < -0.3 is 20.0 Å². The van der Waals surface area contributed by atoms with Crippen molar-refractivity contribution in [2.45, 2.75) is 18.5 Å². The summed E-state index contributed by atoms with van der Waals surface area (Å²) in [6.45, 7) is 0.362. The van der Waals surface area contributed by atoms with Gasteiger partial charge in [-0.2, -0.15) is 0 Å². The van der Waals surface area contributed by atoms with Gasteiger partial charge in [0.1, 0.15) is 23.4 Å². The molecule has 1 amide bonds. The Kier molecular flexibility index (Phi) is 7.11. The number of anilines is 1. The maximum atomic E-state index is 14.6. The quantitative estimate of drug-likeness (QED) is 0.259. The average molecular weight is 565 g/mol. The third-order valence-electron chi connectivity index (χ3n) is 5.95. The fourth-order valence-corrected chi connectivity index (χ4v) is 4.93. The van der Waals surface area contributed by atoms with Gasteiger partial charge in [0.05, 0.1) is 17.3 Å². The zero-order valence-corrected chi connectivity index (χ0v) is 21.4. The molecule has 182 valence electrons. The Bertz CT molecular complexity index is 1380. The number of carbonyl (C=O) groups excluding carboxylic acids is 1. The van der Waals surface area contributed by atoms with Gasteiger partial charge in [0.15, 0.2) is 5.11 Å². The lowest BCUT2D eigenvalue weighted by Crippen LogP contribution is -2.32. The van der Waals surface area contributed by atoms with Crippen LogP contribution in [0.15, 0.2) is 93.9 Å². The van der Waals surface area contributed by atoms with Crippen LogP contribution in [0.2, 0.25) is 0 Å². The second-order valence-electron chi connectivity index (χ2n) is 8.31. The van der Waals surface area contributed by atoms with Gasteiger partial charge >= 0.3 is 0 Å². The average Bonchev–Trinajstić information content (AvgIpc) is 3.48. The molecule has 1 saturated heterocycles. The fourth-order valence-electron chi connectivity index (χ4n) is 4.27. The minimum Gasteiger partial charge on any atom is -0.459 e.